The van der Waals surface area contributed by atoms with E-state index in [0.29, 0.717) is 5.76 Å². The Morgan fingerprint density at radius 2 is 2.08 bits per heavy atom. The van der Waals surface area contributed by atoms with Crippen LogP contribution in [0.1, 0.15) is 29.2 Å². The second kappa shape index (κ2) is 3.24. The van der Waals surface area contributed by atoms with Gasteiger partial charge in [-0.25, -0.2) is 0 Å². The molecule has 2 rings (SSSR count). The van der Waals surface area contributed by atoms with Gasteiger partial charge in [-0.15, -0.1) is 0 Å². The number of hydrogen-bond donors (Lipinski definition) is 0. The summed E-state index contributed by atoms with van der Waals surface area (Å²) >= 11 is 0. The van der Waals surface area contributed by atoms with Crippen molar-refractivity contribution < 1.29 is 9.21 Å². The van der Waals surface area contributed by atoms with Crippen molar-refractivity contribution in [3.63, 3.8) is 0 Å². The number of nitrogens with zero attached hydrogens (tertiary/aromatic N) is 1. The maximum Gasteiger partial charge on any atom is 0.289 e. The highest BCUT2D eigenvalue weighted by Crippen LogP contribution is 2.14. The minimum Gasteiger partial charge on any atom is -0.456 e. The van der Waals surface area contributed by atoms with Gasteiger partial charge in [0.15, 0.2) is 5.76 Å². The van der Waals surface area contributed by atoms with Gasteiger partial charge in [0.05, 0.1) is 0 Å². The monoisotopic (exact) mass is 179 g/mol. The van der Waals surface area contributed by atoms with Gasteiger partial charge in [-0.3, -0.25) is 4.79 Å². The maximum absolute atomic E-state index is 11.7. The van der Waals surface area contributed by atoms with Crippen LogP contribution in [0, 0.1) is 6.92 Å². The van der Waals surface area contributed by atoms with Crippen molar-refractivity contribution >= 4 is 5.91 Å². The standard InChI is InChI=1S/C10H13NO2/c1-8-4-5-9(13-8)10(12)11-6-2-3-7-11/h4-5H,2-3,6-7H2,1H3. The quantitative estimate of drug-likeness (QED) is 0.659. The molecule has 1 aliphatic heterocycles. The molecule has 0 N–H and O–H groups in total. The molecule has 1 aromatic rings. The summed E-state index contributed by atoms with van der Waals surface area (Å²) in [5.41, 5.74) is 0. The number of carbonyl (C=O) groups excluding carboxylic acids is 1. The number of rotatable bonds is 1. The van der Waals surface area contributed by atoms with Crippen molar-refractivity contribution in [1.82, 2.24) is 4.90 Å². The SMILES string of the molecule is Cc1ccc(C(=O)N2CCCC2)o1. The van der Waals surface area contributed by atoms with Crippen molar-refractivity contribution in [3.05, 3.63) is 23.7 Å². The van der Waals surface area contributed by atoms with Crippen LogP contribution < -0.4 is 0 Å². The molecule has 3 heteroatoms. The van der Waals surface area contributed by atoms with Gasteiger partial charge in [0.25, 0.3) is 5.91 Å². The van der Waals surface area contributed by atoms with Crippen LogP contribution in [0.2, 0.25) is 0 Å². The molecular weight excluding hydrogens is 166 g/mol. The summed E-state index contributed by atoms with van der Waals surface area (Å²) in [5.74, 6) is 1.30. The average Bonchev–Trinajstić information content (AvgIpc) is 2.72. The Morgan fingerprint density at radius 3 is 2.62 bits per heavy atom. The minimum absolute atomic E-state index is 0.0330. The number of furan rings is 1. The lowest BCUT2D eigenvalue weighted by Gasteiger charge is -2.12. The van der Waals surface area contributed by atoms with Crippen LogP contribution in [0.25, 0.3) is 0 Å². The number of carbonyl (C=O) groups is 1. The molecule has 0 radical (unpaired) electrons. The highest BCUT2D eigenvalue weighted by Gasteiger charge is 2.21. The molecule has 1 amide bonds. The lowest BCUT2D eigenvalue weighted by atomic mass is 10.4. The van der Waals surface area contributed by atoms with Crippen LogP contribution >= 0.6 is 0 Å². The molecule has 3 nitrogen and oxygen atoms in total. The van der Waals surface area contributed by atoms with E-state index >= 15 is 0 Å². The fourth-order valence-corrected chi connectivity index (χ4v) is 1.63. The lowest BCUT2D eigenvalue weighted by Crippen LogP contribution is -2.27. The zero-order valence-electron chi connectivity index (χ0n) is 7.75. The van der Waals surface area contributed by atoms with Crippen molar-refractivity contribution in [2.75, 3.05) is 13.1 Å². The summed E-state index contributed by atoms with van der Waals surface area (Å²) in [5, 5.41) is 0. The molecule has 1 saturated heterocycles. The molecule has 1 aromatic heterocycles. The first-order chi connectivity index (χ1) is 6.27. The molecule has 1 aliphatic rings. The summed E-state index contributed by atoms with van der Waals surface area (Å²) in [6.45, 7) is 3.60. The number of likely N-dealkylation sites (tertiary alicyclic amines) is 1. The van der Waals surface area contributed by atoms with Crippen LogP contribution in [0.15, 0.2) is 16.5 Å². The van der Waals surface area contributed by atoms with E-state index in [-0.39, 0.29) is 5.91 Å². The van der Waals surface area contributed by atoms with E-state index in [1.54, 1.807) is 6.07 Å². The Balaban J connectivity index is 2.12. The zero-order valence-corrected chi connectivity index (χ0v) is 7.75. The van der Waals surface area contributed by atoms with Crippen molar-refractivity contribution in [2.24, 2.45) is 0 Å². The van der Waals surface area contributed by atoms with Gasteiger partial charge in [-0.05, 0) is 31.9 Å². The highest BCUT2D eigenvalue weighted by molar-refractivity contribution is 5.91. The predicted octanol–water partition coefficient (Wildman–Crippen LogP) is 1.82. The van der Waals surface area contributed by atoms with Crippen LogP contribution in [-0.4, -0.2) is 23.9 Å². The van der Waals surface area contributed by atoms with Gasteiger partial charge in [-0.1, -0.05) is 0 Å². The Labute approximate surface area is 77.3 Å². The summed E-state index contributed by atoms with van der Waals surface area (Å²) in [6, 6.07) is 3.57. The third-order valence-electron chi connectivity index (χ3n) is 2.34. The topological polar surface area (TPSA) is 33.5 Å². The number of aryl methyl sites for hydroxylation is 1. The molecule has 0 unspecified atom stereocenters. The Morgan fingerprint density at radius 1 is 1.38 bits per heavy atom. The maximum atomic E-state index is 11.7. The normalized spacial score (nSPS) is 16.5. The summed E-state index contributed by atoms with van der Waals surface area (Å²) in [7, 11) is 0. The van der Waals surface area contributed by atoms with Gasteiger partial charge >= 0.3 is 0 Å². The second-order valence-corrected chi connectivity index (χ2v) is 3.41. The van der Waals surface area contributed by atoms with Crippen molar-refractivity contribution in [2.45, 2.75) is 19.8 Å². The Bertz CT molecular complexity index is 310. The molecule has 0 aliphatic carbocycles. The lowest BCUT2D eigenvalue weighted by molar-refractivity contribution is 0.0760. The van der Waals surface area contributed by atoms with Crippen LogP contribution in [0.5, 0.6) is 0 Å². The van der Waals surface area contributed by atoms with E-state index in [1.807, 2.05) is 17.9 Å². The Kier molecular flexibility index (Phi) is 2.08. The fourth-order valence-electron chi connectivity index (χ4n) is 1.63. The van der Waals surface area contributed by atoms with Gasteiger partial charge in [0.1, 0.15) is 5.76 Å². The van der Waals surface area contributed by atoms with Gasteiger partial charge < -0.3 is 9.32 Å². The van der Waals surface area contributed by atoms with E-state index < -0.39 is 0 Å². The molecule has 0 aromatic carbocycles. The molecule has 0 saturated carbocycles. The second-order valence-electron chi connectivity index (χ2n) is 3.41. The predicted molar refractivity (Wildman–Crippen MR) is 48.6 cm³/mol. The van der Waals surface area contributed by atoms with Gasteiger partial charge in [-0.2, -0.15) is 0 Å². The third-order valence-corrected chi connectivity index (χ3v) is 2.34. The first-order valence-corrected chi connectivity index (χ1v) is 4.63. The van der Waals surface area contributed by atoms with Gasteiger partial charge in [0, 0.05) is 13.1 Å². The van der Waals surface area contributed by atoms with E-state index in [2.05, 4.69) is 0 Å². The zero-order chi connectivity index (χ0) is 9.26. The van der Waals surface area contributed by atoms with Crippen LogP contribution in [0.4, 0.5) is 0 Å². The van der Waals surface area contributed by atoms with E-state index in [9.17, 15) is 4.79 Å². The number of hydrogen-bond acceptors (Lipinski definition) is 2. The largest absolute Gasteiger partial charge is 0.456 e. The molecule has 0 atom stereocenters. The van der Waals surface area contributed by atoms with Crippen molar-refractivity contribution in [3.8, 4) is 0 Å². The van der Waals surface area contributed by atoms with Crippen molar-refractivity contribution in [1.29, 1.82) is 0 Å². The first kappa shape index (κ1) is 8.35. The van der Waals surface area contributed by atoms with E-state index in [4.69, 9.17) is 4.42 Å². The minimum atomic E-state index is 0.0330. The molecule has 0 spiro atoms. The molecule has 13 heavy (non-hydrogen) atoms. The fraction of sp³-hybridized carbons (Fsp3) is 0.500. The van der Waals surface area contributed by atoms with Gasteiger partial charge in [0.2, 0.25) is 0 Å². The molecule has 0 bridgehead atoms. The van der Waals surface area contributed by atoms with E-state index in [0.717, 1.165) is 31.7 Å². The molecular formula is C10H13NO2. The average molecular weight is 179 g/mol. The summed E-state index contributed by atoms with van der Waals surface area (Å²) in [4.78, 5) is 13.5. The van der Waals surface area contributed by atoms with Crippen LogP contribution in [-0.2, 0) is 0 Å². The molecule has 70 valence electrons. The summed E-state index contributed by atoms with van der Waals surface area (Å²) < 4.78 is 5.27. The summed E-state index contributed by atoms with van der Waals surface area (Å²) in [6.07, 6.45) is 2.23. The third kappa shape index (κ3) is 1.59. The molecule has 1 fully saturated rings. The highest BCUT2D eigenvalue weighted by atomic mass is 16.3. The van der Waals surface area contributed by atoms with E-state index in [1.165, 1.54) is 0 Å². The van der Waals surface area contributed by atoms with Crippen LogP contribution in [0.3, 0.4) is 0 Å². The number of amides is 1. The first-order valence-electron chi connectivity index (χ1n) is 4.63. The Hall–Kier alpha value is -1.25. The molecule has 2 heterocycles. The smallest absolute Gasteiger partial charge is 0.289 e.